The Balaban J connectivity index is 1.57. The molecule has 0 unspecified atom stereocenters. The summed E-state index contributed by atoms with van der Waals surface area (Å²) in [6.45, 7) is 6.01. The van der Waals surface area contributed by atoms with Gasteiger partial charge in [-0.2, -0.15) is 0 Å². The summed E-state index contributed by atoms with van der Waals surface area (Å²) in [5.41, 5.74) is 2.20. The van der Waals surface area contributed by atoms with E-state index in [1.807, 2.05) is 6.07 Å². The van der Waals surface area contributed by atoms with Crippen molar-refractivity contribution in [3.05, 3.63) is 24.2 Å². The third kappa shape index (κ3) is 2.55. The number of nitrogens with zero attached hydrogens (tertiary/aromatic N) is 2. The zero-order valence-electron chi connectivity index (χ0n) is 14.2. The number of anilines is 1. The monoisotopic (exact) mass is 328 g/mol. The molecular weight excluding hydrogens is 304 g/mol. The van der Waals surface area contributed by atoms with Crippen LogP contribution in [0.5, 0.6) is 0 Å². The summed E-state index contributed by atoms with van der Waals surface area (Å²) >= 11 is 0. The van der Waals surface area contributed by atoms with Crippen LogP contribution >= 0.6 is 0 Å². The van der Waals surface area contributed by atoms with Crippen molar-refractivity contribution in [2.75, 3.05) is 18.0 Å². The fraction of sp³-hybridized carbons (Fsp3) is 0.556. The van der Waals surface area contributed by atoms with E-state index in [0.717, 1.165) is 42.6 Å². The molecule has 2 fully saturated rings. The van der Waals surface area contributed by atoms with Crippen LogP contribution in [0.3, 0.4) is 0 Å². The number of aromatic nitrogens is 1. The smallest absolute Gasteiger partial charge is 0.270 e. The maximum Gasteiger partial charge on any atom is 0.270 e. The number of pyridine rings is 1. The molecule has 24 heavy (non-hydrogen) atoms. The second-order valence-electron chi connectivity index (χ2n) is 6.72. The second-order valence-corrected chi connectivity index (χ2v) is 6.72. The van der Waals surface area contributed by atoms with Crippen LogP contribution < -0.4 is 15.5 Å². The normalized spacial score (nSPS) is 25.3. The van der Waals surface area contributed by atoms with Gasteiger partial charge in [-0.3, -0.25) is 4.79 Å². The zero-order valence-corrected chi connectivity index (χ0v) is 14.2. The van der Waals surface area contributed by atoms with E-state index < -0.39 is 0 Å². The van der Waals surface area contributed by atoms with Gasteiger partial charge in [0, 0.05) is 36.6 Å². The molecule has 2 aromatic rings. The molecule has 3 atom stereocenters. The summed E-state index contributed by atoms with van der Waals surface area (Å²) in [6, 6.07) is 3.06. The van der Waals surface area contributed by atoms with E-state index in [2.05, 4.69) is 34.4 Å². The Kier molecular flexibility index (Phi) is 3.92. The summed E-state index contributed by atoms with van der Waals surface area (Å²) in [5, 5.41) is 7.64. The van der Waals surface area contributed by atoms with Crippen molar-refractivity contribution >= 4 is 22.6 Å². The lowest BCUT2D eigenvalue weighted by Crippen LogP contribution is -2.43. The third-order valence-corrected chi connectivity index (χ3v) is 5.39. The van der Waals surface area contributed by atoms with E-state index >= 15 is 0 Å². The molecule has 0 spiro atoms. The molecule has 0 saturated carbocycles. The number of fused-ring (bicyclic) bond motifs is 3. The molecule has 2 N–H and O–H groups in total. The third-order valence-electron chi connectivity index (χ3n) is 5.39. The quantitative estimate of drug-likeness (QED) is 0.881. The van der Waals surface area contributed by atoms with Crippen molar-refractivity contribution < 1.29 is 9.21 Å². The van der Waals surface area contributed by atoms with Crippen molar-refractivity contribution in [1.82, 2.24) is 15.6 Å². The molecule has 2 aromatic heterocycles. The van der Waals surface area contributed by atoms with Gasteiger partial charge in [-0.05, 0) is 39.2 Å². The zero-order chi connectivity index (χ0) is 16.7. The predicted octanol–water partition coefficient (Wildman–Crippen LogP) is 2.30. The first-order valence-electron chi connectivity index (χ1n) is 8.88. The van der Waals surface area contributed by atoms with Gasteiger partial charge >= 0.3 is 0 Å². The molecule has 4 rings (SSSR count). The lowest BCUT2D eigenvalue weighted by atomic mass is 9.95. The Hall–Kier alpha value is -2.08. The predicted molar refractivity (Wildman–Crippen MR) is 93.4 cm³/mol. The molecule has 128 valence electrons. The van der Waals surface area contributed by atoms with Gasteiger partial charge in [0.15, 0.2) is 5.58 Å². The van der Waals surface area contributed by atoms with Crippen molar-refractivity contribution in [2.45, 2.75) is 51.2 Å². The molecule has 0 aromatic carbocycles. The number of carbonyl (C=O) groups is 1. The van der Waals surface area contributed by atoms with Gasteiger partial charge < -0.3 is 20.0 Å². The highest BCUT2D eigenvalue weighted by Crippen LogP contribution is 2.30. The molecule has 0 radical (unpaired) electrons. The Morgan fingerprint density at radius 3 is 2.92 bits per heavy atom. The molecule has 1 amide bonds. The number of rotatable bonds is 5. The summed E-state index contributed by atoms with van der Waals surface area (Å²) in [5.74, 6) is -0.0945. The Labute approximate surface area is 141 Å². The van der Waals surface area contributed by atoms with Gasteiger partial charge in [0.1, 0.15) is 12.0 Å². The maximum atomic E-state index is 12.6. The van der Waals surface area contributed by atoms with E-state index in [1.165, 1.54) is 6.42 Å². The lowest BCUT2D eigenvalue weighted by Gasteiger charge is -2.21. The Morgan fingerprint density at radius 2 is 2.25 bits per heavy atom. The molecule has 2 aliphatic heterocycles. The van der Waals surface area contributed by atoms with Crippen LogP contribution in [-0.2, 0) is 0 Å². The van der Waals surface area contributed by atoms with Crippen molar-refractivity contribution in [2.24, 2.45) is 0 Å². The topological polar surface area (TPSA) is 70.4 Å². The summed E-state index contributed by atoms with van der Waals surface area (Å²) < 4.78 is 5.60. The van der Waals surface area contributed by atoms with E-state index in [0.29, 0.717) is 17.8 Å². The van der Waals surface area contributed by atoms with E-state index in [-0.39, 0.29) is 11.9 Å². The fourth-order valence-electron chi connectivity index (χ4n) is 4.08. The molecule has 2 saturated heterocycles. The van der Waals surface area contributed by atoms with E-state index in [4.69, 9.17) is 4.42 Å². The van der Waals surface area contributed by atoms with Gasteiger partial charge in [0.2, 0.25) is 0 Å². The number of hydrogen-bond acceptors (Lipinski definition) is 5. The second kappa shape index (κ2) is 6.09. The first-order valence-corrected chi connectivity index (χ1v) is 8.88. The molecule has 2 aliphatic rings. The highest BCUT2D eigenvalue weighted by Gasteiger charge is 2.39. The van der Waals surface area contributed by atoms with E-state index in [9.17, 15) is 4.79 Å². The minimum Gasteiger partial charge on any atom is -0.460 e. The average molecular weight is 328 g/mol. The Bertz CT molecular complexity index is 753. The molecule has 2 bridgehead atoms. The van der Waals surface area contributed by atoms with Crippen LogP contribution in [0.25, 0.3) is 11.0 Å². The van der Waals surface area contributed by atoms with Gasteiger partial charge in [-0.25, -0.2) is 4.98 Å². The van der Waals surface area contributed by atoms with Crippen LogP contribution in [0.1, 0.15) is 43.6 Å². The van der Waals surface area contributed by atoms with Crippen LogP contribution in [0.4, 0.5) is 5.69 Å². The lowest BCUT2D eigenvalue weighted by molar-refractivity contribution is 0.0926. The molecule has 4 heterocycles. The maximum absolute atomic E-state index is 12.6. The fourth-order valence-corrected chi connectivity index (χ4v) is 4.08. The summed E-state index contributed by atoms with van der Waals surface area (Å²) in [4.78, 5) is 19.1. The molecule has 0 aliphatic carbocycles. The minimum absolute atomic E-state index is 0.0945. The standard InChI is InChI=1S/C18H24N4O2/c1-3-22(4-2)16-10-24-17-9-19-15(8-12(16)17)18(23)21-14-7-11-5-6-13(14)20-11/h8-11,13-14,20H,3-7H2,1-2H3,(H,21,23)/t11-,13+,14-/m1/s1. The van der Waals surface area contributed by atoms with Gasteiger partial charge in [0.05, 0.1) is 11.9 Å². The SMILES string of the molecule is CCN(CC)c1coc2cnc(C(=O)N[C@@H]3C[C@H]4CC[C@@H]3N4)cc12. The van der Waals surface area contributed by atoms with Gasteiger partial charge in [-0.1, -0.05) is 0 Å². The molecule has 6 heteroatoms. The number of furan rings is 1. The number of amides is 1. The molecule has 6 nitrogen and oxygen atoms in total. The summed E-state index contributed by atoms with van der Waals surface area (Å²) in [6.07, 6.45) is 6.80. The Morgan fingerprint density at radius 1 is 1.42 bits per heavy atom. The van der Waals surface area contributed by atoms with Crippen molar-refractivity contribution in [3.8, 4) is 0 Å². The van der Waals surface area contributed by atoms with Crippen LogP contribution in [-0.4, -0.2) is 42.1 Å². The van der Waals surface area contributed by atoms with E-state index in [1.54, 1.807) is 12.5 Å². The van der Waals surface area contributed by atoms with Crippen molar-refractivity contribution in [1.29, 1.82) is 0 Å². The number of nitrogens with one attached hydrogen (secondary N) is 2. The summed E-state index contributed by atoms with van der Waals surface area (Å²) in [7, 11) is 0. The van der Waals surface area contributed by atoms with Crippen LogP contribution in [0.15, 0.2) is 22.9 Å². The van der Waals surface area contributed by atoms with Gasteiger partial charge in [0.25, 0.3) is 5.91 Å². The van der Waals surface area contributed by atoms with Gasteiger partial charge in [-0.15, -0.1) is 0 Å². The first-order chi connectivity index (χ1) is 11.7. The highest BCUT2D eigenvalue weighted by atomic mass is 16.3. The van der Waals surface area contributed by atoms with Crippen LogP contribution in [0, 0.1) is 0 Å². The average Bonchev–Trinajstić information content (AvgIpc) is 3.31. The first kappa shape index (κ1) is 15.4. The van der Waals surface area contributed by atoms with Crippen LogP contribution in [0.2, 0.25) is 0 Å². The number of carbonyl (C=O) groups excluding carboxylic acids is 1. The molecular formula is C18H24N4O2. The van der Waals surface area contributed by atoms with Crippen molar-refractivity contribution in [3.63, 3.8) is 0 Å². The number of hydrogen-bond donors (Lipinski definition) is 2. The highest BCUT2D eigenvalue weighted by molar-refractivity contribution is 5.99. The largest absolute Gasteiger partial charge is 0.460 e. The minimum atomic E-state index is -0.0945.